The molecule has 1 N–H and O–H groups in total. The molecule has 4 nitrogen and oxygen atoms in total. The van der Waals surface area contributed by atoms with Gasteiger partial charge in [0.25, 0.3) is 5.69 Å². The topological polar surface area (TPSA) is 55.2 Å². The highest BCUT2D eigenvalue weighted by Gasteiger charge is 2.13. The van der Waals surface area contributed by atoms with Gasteiger partial charge in [-0.3, -0.25) is 10.1 Å². The zero-order valence-electron chi connectivity index (χ0n) is 10.4. The van der Waals surface area contributed by atoms with Crippen LogP contribution in [0, 0.1) is 17.0 Å². The number of nitro groups is 1. The largest absolute Gasteiger partial charge is 0.381 e. The number of anilines is 1. The van der Waals surface area contributed by atoms with Gasteiger partial charge in [0.15, 0.2) is 0 Å². The van der Waals surface area contributed by atoms with Crippen molar-refractivity contribution in [3.05, 3.63) is 68.7 Å². The number of nitrogens with one attached hydrogen (secondary N) is 1. The Morgan fingerprint density at radius 1 is 1.21 bits per heavy atom. The first-order chi connectivity index (χ1) is 9.06. The summed E-state index contributed by atoms with van der Waals surface area (Å²) >= 11 is 5.77. The predicted molar refractivity (Wildman–Crippen MR) is 76.6 cm³/mol. The Morgan fingerprint density at radius 2 is 1.89 bits per heavy atom. The average molecular weight is 277 g/mol. The van der Waals surface area contributed by atoms with Crippen LogP contribution < -0.4 is 5.32 Å². The number of rotatable bonds is 4. The highest BCUT2D eigenvalue weighted by atomic mass is 35.5. The van der Waals surface area contributed by atoms with Gasteiger partial charge in [-0.1, -0.05) is 29.3 Å². The van der Waals surface area contributed by atoms with Crippen molar-refractivity contribution in [3.8, 4) is 0 Å². The second-order valence-electron chi connectivity index (χ2n) is 4.25. The van der Waals surface area contributed by atoms with Gasteiger partial charge in [-0.25, -0.2) is 0 Å². The number of nitro benzene ring substituents is 1. The SMILES string of the molecule is Cc1ccc(NCc2ccc(Cl)cc2[N+](=O)[O-])cc1. The van der Waals surface area contributed by atoms with Crippen molar-refractivity contribution >= 4 is 23.0 Å². The van der Waals surface area contributed by atoms with Crippen LogP contribution in [0.5, 0.6) is 0 Å². The first-order valence-electron chi connectivity index (χ1n) is 5.79. The van der Waals surface area contributed by atoms with Crippen LogP contribution in [0.25, 0.3) is 0 Å². The molecule has 2 rings (SSSR count). The summed E-state index contributed by atoms with van der Waals surface area (Å²) < 4.78 is 0. The second-order valence-corrected chi connectivity index (χ2v) is 4.69. The van der Waals surface area contributed by atoms with Gasteiger partial charge in [0, 0.05) is 28.9 Å². The molecular weight excluding hydrogens is 264 g/mol. The molecule has 2 aromatic rings. The van der Waals surface area contributed by atoms with Crippen molar-refractivity contribution in [1.29, 1.82) is 0 Å². The Hall–Kier alpha value is -2.07. The molecule has 98 valence electrons. The van der Waals surface area contributed by atoms with Crippen LogP contribution in [-0.2, 0) is 6.54 Å². The van der Waals surface area contributed by atoms with E-state index in [-0.39, 0.29) is 5.69 Å². The van der Waals surface area contributed by atoms with E-state index in [0.717, 1.165) is 5.69 Å². The Morgan fingerprint density at radius 3 is 2.53 bits per heavy atom. The molecule has 0 heterocycles. The third kappa shape index (κ3) is 3.45. The first kappa shape index (κ1) is 13.4. The maximum atomic E-state index is 10.9. The van der Waals surface area contributed by atoms with Crippen molar-refractivity contribution in [1.82, 2.24) is 0 Å². The van der Waals surface area contributed by atoms with Crippen LogP contribution in [0.2, 0.25) is 5.02 Å². The predicted octanol–water partition coefficient (Wildman–Crippen LogP) is 4.17. The van der Waals surface area contributed by atoms with E-state index >= 15 is 0 Å². The van der Waals surface area contributed by atoms with Gasteiger partial charge in [-0.15, -0.1) is 0 Å². The summed E-state index contributed by atoms with van der Waals surface area (Å²) in [6.45, 7) is 2.39. The molecule has 0 aliphatic carbocycles. The summed E-state index contributed by atoms with van der Waals surface area (Å²) in [4.78, 5) is 10.5. The van der Waals surface area contributed by atoms with E-state index in [4.69, 9.17) is 11.6 Å². The Kier molecular flexibility index (Phi) is 4.02. The van der Waals surface area contributed by atoms with Gasteiger partial charge < -0.3 is 5.32 Å². The standard InChI is InChI=1S/C14H13ClN2O2/c1-10-2-6-13(7-3-10)16-9-11-4-5-12(15)8-14(11)17(18)19/h2-8,16H,9H2,1H3. The molecule has 0 bridgehead atoms. The van der Waals surface area contributed by atoms with Crippen molar-refractivity contribution < 1.29 is 4.92 Å². The van der Waals surface area contributed by atoms with E-state index < -0.39 is 4.92 Å². The van der Waals surface area contributed by atoms with Gasteiger partial charge in [0.1, 0.15) is 0 Å². The molecule has 0 aliphatic rings. The molecular formula is C14H13ClN2O2. The lowest BCUT2D eigenvalue weighted by molar-refractivity contribution is -0.385. The summed E-state index contributed by atoms with van der Waals surface area (Å²) in [5.74, 6) is 0. The van der Waals surface area contributed by atoms with Crippen molar-refractivity contribution in [3.63, 3.8) is 0 Å². The first-order valence-corrected chi connectivity index (χ1v) is 6.17. The number of halogens is 1. The van der Waals surface area contributed by atoms with E-state index in [1.807, 2.05) is 31.2 Å². The van der Waals surface area contributed by atoms with E-state index in [0.29, 0.717) is 17.1 Å². The number of hydrogen-bond acceptors (Lipinski definition) is 3. The molecule has 0 aromatic heterocycles. The molecule has 5 heteroatoms. The Labute approximate surface area is 116 Å². The zero-order chi connectivity index (χ0) is 13.8. The van der Waals surface area contributed by atoms with E-state index in [9.17, 15) is 10.1 Å². The molecule has 2 aromatic carbocycles. The number of aryl methyl sites for hydroxylation is 1. The zero-order valence-corrected chi connectivity index (χ0v) is 11.1. The van der Waals surface area contributed by atoms with Gasteiger partial charge >= 0.3 is 0 Å². The highest BCUT2D eigenvalue weighted by Crippen LogP contribution is 2.24. The van der Waals surface area contributed by atoms with E-state index in [1.165, 1.54) is 11.6 Å². The minimum Gasteiger partial charge on any atom is -0.381 e. The minimum atomic E-state index is -0.419. The molecule has 0 aliphatic heterocycles. The molecule has 0 amide bonds. The maximum Gasteiger partial charge on any atom is 0.275 e. The summed E-state index contributed by atoms with van der Waals surface area (Å²) in [5.41, 5.74) is 2.74. The van der Waals surface area contributed by atoms with Crippen molar-refractivity contribution in [2.45, 2.75) is 13.5 Å². The fourth-order valence-corrected chi connectivity index (χ4v) is 1.89. The number of benzene rings is 2. The second kappa shape index (κ2) is 5.71. The number of hydrogen-bond donors (Lipinski definition) is 1. The molecule has 0 radical (unpaired) electrons. The normalized spacial score (nSPS) is 10.2. The van der Waals surface area contributed by atoms with Crippen LogP contribution in [0.15, 0.2) is 42.5 Å². The van der Waals surface area contributed by atoms with Crippen LogP contribution in [-0.4, -0.2) is 4.92 Å². The molecule has 0 spiro atoms. The van der Waals surface area contributed by atoms with Crippen LogP contribution in [0.4, 0.5) is 11.4 Å². The Bertz CT molecular complexity index is 597. The molecule has 0 unspecified atom stereocenters. The number of nitrogens with zero attached hydrogens (tertiary/aromatic N) is 1. The summed E-state index contributed by atoms with van der Waals surface area (Å²) in [5, 5.41) is 14.5. The third-order valence-corrected chi connectivity index (χ3v) is 3.01. The summed E-state index contributed by atoms with van der Waals surface area (Å²) in [6, 6.07) is 12.5. The van der Waals surface area contributed by atoms with Gasteiger partial charge in [0.2, 0.25) is 0 Å². The third-order valence-electron chi connectivity index (χ3n) is 2.78. The monoisotopic (exact) mass is 276 g/mol. The highest BCUT2D eigenvalue weighted by molar-refractivity contribution is 6.30. The van der Waals surface area contributed by atoms with Gasteiger partial charge in [0.05, 0.1) is 4.92 Å². The molecule has 0 fully saturated rings. The summed E-state index contributed by atoms with van der Waals surface area (Å²) in [6.07, 6.45) is 0. The van der Waals surface area contributed by atoms with Crippen LogP contribution >= 0.6 is 11.6 Å². The Balaban J connectivity index is 2.15. The molecule has 19 heavy (non-hydrogen) atoms. The molecule has 0 saturated heterocycles. The van der Waals surface area contributed by atoms with E-state index in [1.54, 1.807) is 12.1 Å². The van der Waals surface area contributed by atoms with Crippen molar-refractivity contribution in [2.24, 2.45) is 0 Å². The lowest BCUT2D eigenvalue weighted by Crippen LogP contribution is -2.03. The average Bonchev–Trinajstić information content (AvgIpc) is 2.39. The van der Waals surface area contributed by atoms with E-state index in [2.05, 4.69) is 5.32 Å². The van der Waals surface area contributed by atoms with Gasteiger partial charge in [-0.05, 0) is 31.2 Å². The fourth-order valence-electron chi connectivity index (χ4n) is 1.73. The molecule has 0 atom stereocenters. The molecule has 0 saturated carbocycles. The smallest absolute Gasteiger partial charge is 0.275 e. The van der Waals surface area contributed by atoms with Crippen molar-refractivity contribution in [2.75, 3.05) is 5.32 Å². The lowest BCUT2D eigenvalue weighted by Gasteiger charge is -2.07. The quantitative estimate of drug-likeness (QED) is 0.673. The van der Waals surface area contributed by atoms with Crippen LogP contribution in [0.3, 0.4) is 0 Å². The lowest BCUT2D eigenvalue weighted by atomic mass is 10.1. The van der Waals surface area contributed by atoms with Crippen LogP contribution in [0.1, 0.15) is 11.1 Å². The summed E-state index contributed by atoms with van der Waals surface area (Å²) in [7, 11) is 0. The van der Waals surface area contributed by atoms with Gasteiger partial charge in [-0.2, -0.15) is 0 Å². The maximum absolute atomic E-state index is 10.9. The fraction of sp³-hybridized carbons (Fsp3) is 0.143. The minimum absolute atomic E-state index is 0.0344.